The summed E-state index contributed by atoms with van der Waals surface area (Å²) < 4.78 is 19.0. The fraction of sp³-hybridized carbons (Fsp3) is 0.176. The van der Waals surface area contributed by atoms with Crippen molar-refractivity contribution in [3.63, 3.8) is 0 Å². The van der Waals surface area contributed by atoms with Crippen molar-refractivity contribution >= 4 is 50.7 Å². The molecule has 0 saturated carbocycles. The standard InChI is InChI=1S/C17H12Cl2N2O4S/c1-21-11-5-13-14(25-8-24-13)6-15(11)26-17(21)20-16(22)7-23-12-3-2-9(18)4-10(12)19/h2-6H,7-8H2,1H3. The molecule has 0 atom stereocenters. The molecule has 1 amide bonds. The summed E-state index contributed by atoms with van der Waals surface area (Å²) in [5, 5.41) is 0.836. The summed E-state index contributed by atoms with van der Waals surface area (Å²) in [5.41, 5.74) is 0.910. The number of benzene rings is 2. The van der Waals surface area contributed by atoms with Gasteiger partial charge in [-0.3, -0.25) is 4.79 Å². The van der Waals surface area contributed by atoms with E-state index in [0.29, 0.717) is 32.1 Å². The van der Waals surface area contributed by atoms with E-state index in [4.69, 9.17) is 37.4 Å². The summed E-state index contributed by atoms with van der Waals surface area (Å²) in [6, 6.07) is 8.56. The molecule has 4 rings (SSSR count). The smallest absolute Gasteiger partial charge is 0.286 e. The molecule has 134 valence electrons. The minimum absolute atomic E-state index is 0.219. The molecule has 2 heterocycles. The van der Waals surface area contributed by atoms with Crippen LogP contribution in [-0.4, -0.2) is 23.9 Å². The van der Waals surface area contributed by atoms with Gasteiger partial charge in [-0.1, -0.05) is 34.5 Å². The summed E-state index contributed by atoms with van der Waals surface area (Å²) in [7, 11) is 1.84. The van der Waals surface area contributed by atoms with Crippen molar-refractivity contribution in [2.45, 2.75) is 0 Å². The lowest BCUT2D eigenvalue weighted by atomic mass is 10.3. The molecule has 9 heteroatoms. The van der Waals surface area contributed by atoms with E-state index in [0.717, 1.165) is 10.2 Å². The lowest BCUT2D eigenvalue weighted by Crippen LogP contribution is -2.17. The number of nitrogens with zero attached hydrogens (tertiary/aromatic N) is 2. The molecule has 1 aliphatic heterocycles. The second kappa shape index (κ2) is 6.83. The van der Waals surface area contributed by atoms with Crippen LogP contribution in [0.3, 0.4) is 0 Å². The number of halogens is 2. The Balaban J connectivity index is 1.57. The number of aryl methyl sites for hydroxylation is 1. The van der Waals surface area contributed by atoms with Gasteiger partial charge in [0.05, 0.1) is 15.2 Å². The van der Waals surface area contributed by atoms with Crippen LogP contribution in [-0.2, 0) is 11.8 Å². The van der Waals surface area contributed by atoms with Gasteiger partial charge in [-0.15, -0.1) is 0 Å². The van der Waals surface area contributed by atoms with Gasteiger partial charge in [0, 0.05) is 24.2 Å². The van der Waals surface area contributed by atoms with E-state index in [1.165, 1.54) is 11.3 Å². The van der Waals surface area contributed by atoms with Crippen molar-refractivity contribution in [3.05, 3.63) is 45.2 Å². The first kappa shape index (κ1) is 17.2. The highest BCUT2D eigenvalue weighted by Crippen LogP contribution is 2.36. The van der Waals surface area contributed by atoms with E-state index < -0.39 is 5.91 Å². The van der Waals surface area contributed by atoms with Gasteiger partial charge in [0.25, 0.3) is 5.91 Å². The Morgan fingerprint density at radius 3 is 2.81 bits per heavy atom. The first-order valence-electron chi connectivity index (χ1n) is 7.56. The Labute approximate surface area is 162 Å². The van der Waals surface area contributed by atoms with Gasteiger partial charge < -0.3 is 18.8 Å². The quantitative estimate of drug-likeness (QED) is 0.658. The fourth-order valence-electron chi connectivity index (χ4n) is 2.49. The third-order valence-electron chi connectivity index (χ3n) is 3.77. The number of rotatable bonds is 3. The summed E-state index contributed by atoms with van der Waals surface area (Å²) in [6.07, 6.45) is 0. The lowest BCUT2D eigenvalue weighted by molar-refractivity contribution is -0.120. The van der Waals surface area contributed by atoms with E-state index in [1.54, 1.807) is 18.2 Å². The summed E-state index contributed by atoms with van der Waals surface area (Å²) in [5.74, 6) is 1.34. The number of carbonyl (C=O) groups is 1. The molecule has 0 aliphatic carbocycles. The van der Waals surface area contributed by atoms with Gasteiger partial charge in [-0.25, -0.2) is 0 Å². The zero-order valence-corrected chi connectivity index (χ0v) is 15.8. The maximum absolute atomic E-state index is 12.2. The molecule has 2 aromatic carbocycles. The van der Waals surface area contributed by atoms with Crippen LogP contribution in [0, 0.1) is 0 Å². The Morgan fingerprint density at radius 1 is 1.27 bits per heavy atom. The van der Waals surface area contributed by atoms with Crippen LogP contribution in [0.2, 0.25) is 10.0 Å². The molecule has 6 nitrogen and oxygen atoms in total. The molecule has 0 radical (unpaired) electrons. The maximum atomic E-state index is 12.2. The van der Waals surface area contributed by atoms with Crippen molar-refractivity contribution in [2.75, 3.05) is 13.4 Å². The van der Waals surface area contributed by atoms with E-state index in [9.17, 15) is 4.79 Å². The number of hydrogen-bond acceptors (Lipinski definition) is 5. The Morgan fingerprint density at radius 2 is 2.04 bits per heavy atom. The van der Waals surface area contributed by atoms with Crippen molar-refractivity contribution < 1.29 is 19.0 Å². The van der Waals surface area contributed by atoms with Gasteiger partial charge in [-0.05, 0) is 18.2 Å². The average molecular weight is 411 g/mol. The normalized spacial score (nSPS) is 13.4. The van der Waals surface area contributed by atoms with Crippen molar-refractivity contribution in [3.8, 4) is 17.2 Å². The SMILES string of the molecule is Cn1c(=NC(=O)COc2ccc(Cl)cc2Cl)sc2cc3c(cc21)OCO3. The molecule has 0 spiro atoms. The van der Waals surface area contributed by atoms with E-state index in [1.807, 2.05) is 23.7 Å². The van der Waals surface area contributed by atoms with E-state index >= 15 is 0 Å². The minimum atomic E-state index is -0.418. The molecule has 0 bridgehead atoms. The number of thiazole rings is 1. The molecule has 0 unspecified atom stereocenters. The van der Waals surface area contributed by atoms with Crippen LogP contribution in [0.1, 0.15) is 0 Å². The van der Waals surface area contributed by atoms with Gasteiger partial charge >= 0.3 is 0 Å². The zero-order valence-electron chi connectivity index (χ0n) is 13.5. The largest absolute Gasteiger partial charge is 0.482 e. The fourth-order valence-corrected chi connectivity index (χ4v) is 4.00. The van der Waals surface area contributed by atoms with Crippen molar-refractivity contribution in [1.82, 2.24) is 4.57 Å². The Bertz CT molecular complexity index is 1090. The molecule has 0 N–H and O–H groups in total. The van der Waals surface area contributed by atoms with Crippen LogP contribution in [0.5, 0.6) is 17.2 Å². The van der Waals surface area contributed by atoms with E-state index in [-0.39, 0.29) is 13.4 Å². The van der Waals surface area contributed by atoms with Gasteiger partial charge in [-0.2, -0.15) is 4.99 Å². The van der Waals surface area contributed by atoms with Crippen molar-refractivity contribution in [1.29, 1.82) is 0 Å². The third-order valence-corrected chi connectivity index (χ3v) is 5.39. The van der Waals surface area contributed by atoms with Gasteiger partial charge in [0.2, 0.25) is 6.79 Å². The highest BCUT2D eigenvalue weighted by molar-refractivity contribution is 7.16. The molecule has 0 fully saturated rings. The monoisotopic (exact) mass is 410 g/mol. The highest BCUT2D eigenvalue weighted by Gasteiger charge is 2.17. The van der Waals surface area contributed by atoms with Gasteiger partial charge in [0.1, 0.15) is 5.75 Å². The molecule has 26 heavy (non-hydrogen) atoms. The van der Waals surface area contributed by atoms with Crippen LogP contribution in [0.25, 0.3) is 10.2 Å². The predicted octanol–water partition coefficient (Wildman–Crippen LogP) is 3.78. The number of carbonyl (C=O) groups excluding carboxylic acids is 1. The maximum Gasteiger partial charge on any atom is 0.286 e. The third kappa shape index (κ3) is 3.25. The van der Waals surface area contributed by atoms with Crippen LogP contribution >= 0.6 is 34.5 Å². The second-order valence-electron chi connectivity index (χ2n) is 5.49. The molecule has 3 aromatic rings. The number of amides is 1. The molecule has 1 aromatic heterocycles. The topological polar surface area (TPSA) is 62.1 Å². The Kier molecular flexibility index (Phi) is 4.52. The molecule has 1 aliphatic rings. The number of hydrogen-bond donors (Lipinski definition) is 0. The lowest BCUT2D eigenvalue weighted by Gasteiger charge is -2.05. The first-order chi connectivity index (χ1) is 12.5. The molecular formula is C17H12Cl2N2O4S. The van der Waals surface area contributed by atoms with Crippen LogP contribution in [0.4, 0.5) is 0 Å². The Hall–Kier alpha value is -2.22. The zero-order chi connectivity index (χ0) is 18.3. The molecular weight excluding hydrogens is 399 g/mol. The minimum Gasteiger partial charge on any atom is -0.482 e. The summed E-state index contributed by atoms with van der Waals surface area (Å²) in [6.45, 7) is -0.00500. The highest BCUT2D eigenvalue weighted by atomic mass is 35.5. The van der Waals surface area contributed by atoms with Crippen LogP contribution in [0.15, 0.2) is 35.3 Å². The number of aromatic nitrogens is 1. The molecule has 0 saturated heterocycles. The number of ether oxygens (including phenoxy) is 3. The average Bonchev–Trinajstić information content (AvgIpc) is 3.17. The van der Waals surface area contributed by atoms with Crippen LogP contribution < -0.4 is 19.0 Å². The summed E-state index contributed by atoms with van der Waals surface area (Å²) in [4.78, 5) is 16.9. The second-order valence-corrected chi connectivity index (χ2v) is 7.34. The van der Waals surface area contributed by atoms with Gasteiger partial charge in [0.15, 0.2) is 22.9 Å². The van der Waals surface area contributed by atoms with E-state index in [2.05, 4.69) is 4.99 Å². The van der Waals surface area contributed by atoms with Crippen molar-refractivity contribution in [2.24, 2.45) is 12.0 Å². The predicted molar refractivity (Wildman–Crippen MR) is 99.4 cm³/mol. The summed E-state index contributed by atoms with van der Waals surface area (Å²) >= 11 is 13.2. The number of fused-ring (bicyclic) bond motifs is 2. The first-order valence-corrected chi connectivity index (χ1v) is 9.13.